The monoisotopic (exact) mass is 362 g/mol. The Morgan fingerprint density at radius 2 is 1.81 bits per heavy atom. The summed E-state index contributed by atoms with van der Waals surface area (Å²) in [5.74, 6) is 0.146. The van der Waals surface area contributed by atoms with E-state index in [4.69, 9.17) is 0 Å². The highest BCUT2D eigenvalue weighted by atomic mass is 16.2. The molecule has 1 amide bonds. The topological polar surface area (TPSA) is 41.4 Å². The third-order valence-electron chi connectivity index (χ3n) is 5.43. The molecular weight excluding hydrogens is 336 g/mol. The molecule has 3 heterocycles. The van der Waals surface area contributed by atoms with E-state index in [0.29, 0.717) is 0 Å². The SMILES string of the molecule is CCn1cc(CCN2CCN(C(=O)c3ccccc3)CC2)c2cccnc21. The lowest BCUT2D eigenvalue weighted by Gasteiger charge is -2.34. The number of hydrogen-bond acceptors (Lipinski definition) is 3. The van der Waals surface area contributed by atoms with Crippen LogP contribution in [0.25, 0.3) is 11.0 Å². The number of carbonyl (C=O) groups is 1. The van der Waals surface area contributed by atoms with Gasteiger partial charge in [-0.05, 0) is 43.2 Å². The molecule has 2 aromatic heterocycles. The van der Waals surface area contributed by atoms with Crippen LogP contribution in [-0.4, -0.2) is 58.0 Å². The first-order chi connectivity index (χ1) is 13.3. The average molecular weight is 362 g/mol. The number of amides is 1. The van der Waals surface area contributed by atoms with Crippen molar-refractivity contribution in [1.82, 2.24) is 19.4 Å². The summed E-state index contributed by atoms with van der Waals surface area (Å²) in [5, 5.41) is 1.26. The predicted molar refractivity (Wildman–Crippen MR) is 108 cm³/mol. The van der Waals surface area contributed by atoms with Crippen LogP contribution in [0.4, 0.5) is 0 Å². The van der Waals surface area contributed by atoms with Crippen molar-refractivity contribution in [3.05, 3.63) is 66.0 Å². The summed E-state index contributed by atoms with van der Waals surface area (Å²) < 4.78 is 2.22. The van der Waals surface area contributed by atoms with E-state index < -0.39 is 0 Å². The fraction of sp³-hybridized carbons (Fsp3) is 0.364. The molecule has 140 valence electrons. The summed E-state index contributed by atoms with van der Waals surface area (Å²) >= 11 is 0. The molecule has 1 saturated heterocycles. The Labute approximate surface area is 160 Å². The van der Waals surface area contributed by atoms with Crippen molar-refractivity contribution in [2.75, 3.05) is 32.7 Å². The molecular formula is C22H26N4O. The van der Waals surface area contributed by atoms with E-state index in [1.165, 1.54) is 10.9 Å². The molecule has 27 heavy (non-hydrogen) atoms. The number of carbonyl (C=O) groups excluding carboxylic acids is 1. The second-order valence-electron chi connectivity index (χ2n) is 7.06. The van der Waals surface area contributed by atoms with Crippen molar-refractivity contribution < 1.29 is 4.79 Å². The van der Waals surface area contributed by atoms with Crippen LogP contribution in [0.1, 0.15) is 22.8 Å². The predicted octanol–water partition coefficient (Wildman–Crippen LogP) is 3.06. The van der Waals surface area contributed by atoms with Gasteiger partial charge in [0, 0.05) is 62.6 Å². The molecule has 0 saturated carbocycles. The Bertz CT molecular complexity index is 910. The summed E-state index contributed by atoms with van der Waals surface area (Å²) in [6.07, 6.45) is 5.12. The minimum absolute atomic E-state index is 0.146. The van der Waals surface area contributed by atoms with Gasteiger partial charge in [-0.2, -0.15) is 0 Å². The quantitative estimate of drug-likeness (QED) is 0.700. The number of hydrogen-bond donors (Lipinski definition) is 0. The highest BCUT2D eigenvalue weighted by molar-refractivity contribution is 5.94. The Hall–Kier alpha value is -2.66. The largest absolute Gasteiger partial charge is 0.336 e. The smallest absolute Gasteiger partial charge is 0.253 e. The van der Waals surface area contributed by atoms with Gasteiger partial charge in [0.05, 0.1) is 0 Å². The van der Waals surface area contributed by atoms with Gasteiger partial charge in [-0.1, -0.05) is 18.2 Å². The van der Waals surface area contributed by atoms with Gasteiger partial charge in [0.25, 0.3) is 5.91 Å². The molecule has 0 radical (unpaired) electrons. The van der Waals surface area contributed by atoms with Crippen molar-refractivity contribution in [2.24, 2.45) is 0 Å². The molecule has 1 aliphatic heterocycles. The Kier molecular flexibility index (Phi) is 5.21. The number of fused-ring (bicyclic) bond motifs is 1. The Balaban J connectivity index is 1.34. The molecule has 0 aliphatic carbocycles. The van der Waals surface area contributed by atoms with Gasteiger partial charge in [0.1, 0.15) is 5.65 Å². The molecule has 0 bridgehead atoms. The number of benzene rings is 1. The van der Waals surface area contributed by atoms with Crippen LogP contribution in [0.5, 0.6) is 0 Å². The van der Waals surface area contributed by atoms with E-state index in [-0.39, 0.29) is 5.91 Å². The maximum atomic E-state index is 12.6. The third-order valence-corrected chi connectivity index (χ3v) is 5.43. The van der Waals surface area contributed by atoms with E-state index in [2.05, 4.69) is 33.6 Å². The highest BCUT2D eigenvalue weighted by Crippen LogP contribution is 2.20. The molecule has 0 N–H and O–H groups in total. The number of nitrogens with zero attached hydrogens (tertiary/aromatic N) is 4. The number of piperazine rings is 1. The van der Waals surface area contributed by atoms with Crippen LogP contribution in [-0.2, 0) is 13.0 Å². The van der Waals surface area contributed by atoms with Gasteiger partial charge in [0.2, 0.25) is 0 Å². The van der Waals surface area contributed by atoms with Gasteiger partial charge in [-0.25, -0.2) is 4.98 Å². The van der Waals surface area contributed by atoms with Crippen molar-refractivity contribution in [3.63, 3.8) is 0 Å². The molecule has 4 rings (SSSR count). The van der Waals surface area contributed by atoms with Gasteiger partial charge >= 0.3 is 0 Å². The molecule has 0 unspecified atom stereocenters. The molecule has 0 atom stereocenters. The standard InChI is InChI=1S/C22H26N4O/c1-2-25-17-19(20-9-6-11-23-21(20)25)10-12-24-13-15-26(16-14-24)22(27)18-7-4-3-5-8-18/h3-9,11,17H,2,10,12-16H2,1H3. The number of pyridine rings is 1. The van der Waals surface area contributed by atoms with Crippen molar-refractivity contribution >= 4 is 16.9 Å². The average Bonchev–Trinajstić information content (AvgIpc) is 3.11. The van der Waals surface area contributed by atoms with Gasteiger partial charge in [0.15, 0.2) is 0 Å². The normalized spacial score (nSPS) is 15.4. The Morgan fingerprint density at radius 1 is 1.04 bits per heavy atom. The van der Waals surface area contributed by atoms with E-state index in [0.717, 1.165) is 56.9 Å². The lowest BCUT2D eigenvalue weighted by Crippen LogP contribution is -2.49. The zero-order valence-corrected chi connectivity index (χ0v) is 15.8. The minimum Gasteiger partial charge on any atom is -0.336 e. The van der Waals surface area contributed by atoms with Crippen LogP contribution in [0.15, 0.2) is 54.9 Å². The molecule has 1 aromatic carbocycles. The summed E-state index contributed by atoms with van der Waals surface area (Å²) in [7, 11) is 0. The third kappa shape index (κ3) is 3.74. The molecule has 5 heteroatoms. The first-order valence-electron chi connectivity index (χ1n) is 9.75. The van der Waals surface area contributed by atoms with Gasteiger partial charge < -0.3 is 9.47 Å². The summed E-state index contributed by atoms with van der Waals surface area (Å²) in [6.45, 7) is 7.57. The fourth-order valence-corrected chi connectivity index (χ4v) is 3.85. The second-order valence-corrected chi connectivity index (χ2v) is 7.06. The second kappa shape index (κ2) is 7.92. The van der Waals surface area contributed by atoms with Gasteiger partial charge in [-0.3, -0.25) is 9.69 Å². The first kappa shape index (κ1) is 17.7. The van der Waals surface area contributed by atoms with Gasteiger partial charge in [-0.15, -0.1) is 0 Å². The van der Waals surface area contributed by atoms with E-state index >= 15 is 0 Å². The number of aromatic nitrogens is 2. The maximum Gasteiger partial charge on any atom is 0.253 e. The maximum absolute atomic E-state index is 12.6. The lowest BCUT2D eigenvalue weighted by molar-refractivity contribution is 0.0638. The molecule has 0 spiro atoms. The molecule has 1 aliphatic rings. The van der Waals surface area contributed by atoms with E-state index in [1.54, 1.807) is 0 Å². The molecule has 3 aromatic rings. The Morgan fingerprint density at radius 3 is 2.56 bits per heavy atom. The van der Waals surface area contributed by atoms with Crippen molar-refractivity contribution in [3.8, 4) is 0 Å². The lowest BCUT2D eigenvalue weighted by atomic mass is 10.1. The summed E-state index contributed by atoms with van der Waals surface area (Å²) in [5.41, 5.74) is 3.22. The van der Waals surface area contributed by atoms with Crippen LogP contribution in [0.3, 0.4) is 0 Å². The number of aryl methyl sites for hydroxylation is 1. The highest BCUT2D eigenvalue weighted by Gasteiger charge is 2.22. The van der Waals surface area contributed by atoms with Crippen LogP contribution < -0.4 is 0 Å². The zero-order chi connectivity index (χ0) is 18.6. The minimum atomic E-state index is 0.146. The molecule has 5 nitrogen and oxygen atoms in total. The summed E-state index contributed by atoms with van der Waals surface area (Å²) in [4.78, 5) is 21.5. The first-order valence-corrected chi connectivity index (χ1v) is 9.75. The van der Waals surface area contributed by atoms with Crippen LogP contribution in [0.2, 0.25) is 0 Å². The molecule has 1 fully saturated rings. The van der Waals surface area contributed by atoms with E-state index in [1.807, 2.05) is 47.5 Å². The zero-order valence-electron chi connectivity index (χ0n) is 15.8. The van der Waals surface area contributed by atoms with E-state index in [9.17, 15) is 4.79 Å². The fourth-order valence-electron chi connectivity index (χ4n) is 3.85. The van der Waals surface area contributed by atoms with Crippen molar-refractivity contribution in [2.45, 2.75) is 19.9 Å². The number of rotatable bonds is 5. The summed E-state index contributed by atoms with van der Waals surface area (Å²) in [6, 6.07) is 13.8. The van der Waals surface area contributed by atoms with Crippen LogP contribution in [0, 0.1) is 0 Å². The van der Waals surface area contributed by atoms with Crippen molar-refractivity contribution in [1.29, 1.82) is 0 Å². The van der Waals surface area contributed by atoms with Crippen LogP contribution >= 0.6 is 0 Å².